The van der Waals surface area contributed by atoms with Gasteiger partial charge in [-0.05, 0) is 31.7 Å². The molecule has 22 heavy (non-hydrogen) atoms. The van der Waals surface area contributed by atoms with E-state index in [-0.39, 0.29) is 5.91 Å². The fourth-order valence-electron chi connectivity index (χ4n) is 3.64. The highest BCUT2D eigenvalue weighted by atomic mass is 16.1. The third-order valence-corrected chi connectivity index (χ3v) is 4.92. The van der Waals surface area contributed by atoms with Gasteiger partial charge in [-0.25, -0.2) is 0 Å². The summed E-state index contributed by atoms with van der Waals surface area (Å²) in [7, 11) is 0. The van der Waals surface area contributed by atoms with Gasteiger partial charge in [0.1, 0.15) is 0 Å². The maximum Gasteiger partial charge on any atom is 0.253 e. The lowest BCUT2D eigenvalue weighted by Crippen LogP contribution is -2.32. The number of carbonyl (C=O) groups excluding carboxylic acids is 1. The Labute approximate surface area is 133 Å². The van der Waals surface area contributed by atoms with Crippen molar-refractivity contribution in [2.24, 2.45) is 0 Å². The summed E-state index contributed by atoms with van der Waals surface area (Å²) < 4.78 is 0. The van der Waals surface area contributed by atoms with Gasteiger partial charge in [0, 0.05) is 24.5 Å². The van der Waals surface area contributed by atoms with Gasteiger partial charge in [0.25, 0.3) is 5.91 Å². The van der Waals surface area contributed by atoms with Crippen molar-refractivity contribution in [1.29, 1.82) is 0 Å². The van der Waals surface area contributed by atoms with E-state index in [4.69, 9.17) is 0 Å². The lowest BCUT2D eigenvalue weighted by Gasteiger charge is -2.18. The van der Waals surface area contributed by atoms with Gasteiger partial charge in [-0.15, -0.1) is 0 Å². The highest BCUT2D eigenvalue weighted by molar-refractivity contribution is 5.94. The van der Waals surface area contributed by atoms with Gasteiger partial charge < -0.3 is 10.6 Å². The summed E-state index contributed by atoms with van der Waals surface area (Å²) in [6.45, 7) is 0. The van der Waals surface area contributed by atoms with Crippen molar-refractivity contribution < 1.29 is 4.79 Å². The second kappa shape index (κ2) is 7.61. The van der Waals surface area contributed by atoms with Gasteiger partial charge in [-0.3, -0.25) is 9.78 Å². The minimum atomic E-state index is 0.0175. The molecule has 0 aromatic carbocycles. The van der Waals surface area contributed by atoms with Gasteiger partial charge >= 0.3 is 0 Å². The van der Waals surface area contributed by atoms with Crippen LogP contribution < -0.4 is 10.6 Å². The predicted molar refractivity (Wildman–Crippen MR) is 89.1 cm³/mol. The van der Waals surface area contributed by atoms with Gasteiger partial charge in [-0.1, -0.05) is 38.5 Å². The summed E-state index contributed by atoms with van der Waals surface area (Å²) >= 11 is 0. The molecule has 1 aromatic rings. The molecule has 0 spiro atoms. The number of aromatic nitrogens is 1. The number of pyridine rings is 1. The Morgan fingerprint density at radius 1 is 0.909 bits per heavy atom. The van der Waals surface area contributed by atoms with Crippen LogP contribution in [-0.2, 0) is 0 Å². The number of rotatable bonds is 4. The first kappa shape index (κ1) is 15.3. The molecule has 0 bridgehead atoms. The van der Waals surface area contributed by atoms with Crippen LogP contribution in [0.3, 0.4) is 0 Å². The van der Waals surface area contributed by atoms with Crippen molar-refractivity contribution in [2.45, 2.75) is 76.3 Å². The first-order valence-corrected chi connectivity index (χ1v) is 8.84. The molecular formula is C18H27N3O. The number of hydrogen-bond donors (Lipinski definition) is 2. The molecule has 0 radical (unpaired) electrons. The maximum absolute atomic E-state index is 12.3. The van der Waals surface area contributed by atoms with Crippen molar-refractivity contribution in [3.8, 4) is 0 Å². The molecule has 0 aliphatic heterocycles. The van der Waals surface area contributed by atoms with Crippen LogP contribution in [0.5, 0.6) is 0 Å². The molecule has 4 nitrogen and oxygen atoms in total. The van der Waals surface area contributed by atoms with E-state index in [9.17, 15) is 4.79 Å². The SMILES string of the molecule is O=C(NC1CCCC1)c1cncc(NC2CCCCCC2)c1. The fourth-order valence-corrected chi connectivity index (χ4v) is 3.64. The number of anilines is 1. The van der Waals surface area contributed by atoms with E-state index >= 15 is 0 Å². The Hall–Kier alpha value is -1.58. The zero-order valence-electron chi connectivity index (χ0n) is 13.3. The summed E-state index contributed by atoms with van der Waals surface area (Å²) in [5, 5.41) is 6.70. The third kappa shape index (κ3) is 4.21. The average Bonchev–Trinajstić information content (AvgIpc) is 2.90. The molecule has 3 rings (SSSR count). The molecule has 1 amide bonds. The molecule has 2 aliphatic carbocycles. The highest BCUT2D eigenvalue weighted by Crippen LogP contribution is 2.22. The molecule has 0 atom stereocenters. The van der Waals surface area contributed by atoms with E-state index in [2.05, 4.69) is 15.6 Å². The summed E-state index contributed by atoms with van der Waals surface area (Å²) in [6.07, 6.45) is 15.9. The summed E-state index contributed by atoms with van der Waals surface area (Å²) in [4.78, 5) is 16.6. The van der Waals surface area contributed by atoms with Crippen molar-refractivity contribution in [3.05, 3.63) is 24.0 Å². The van der Waals surface area contributed by atoms with Crippen LogP contribution in [-0.4, -0.2) is 23.0 Å². The van der Waals surface area contributed by atoms with Gasteiger partial charge in [0.15, 0.2) is 0 Å². The van der Waals surface area contributed by atoms with Gasteiger partial charge in [-0.2, -0.15) is 0 Å². The number of amides is 1. The highest BCUT2D eigenvalue weighted by Gasteiger charge is 2.18. The van der Waals surface area contributed by atoms with Crippen molar-refractivity contribution >= 4 is 11.6 Å². The number of hydrogen-bond acceptors (Lipinski definition) is 3. The zero-order valence-corrected chi connectivity index (χ0v) is 13.3. The van der Waals surface area contributed by atoms with E-state index in [1.54, 1.807) is 6.20 Å². The Morgan fingerprint density at radius 3 is 2.27 bits per heavy atom. The van der Waals surface area contributed by atoms with E-state index < -0.39 is 0 Å². The first-order valence-electron chi connectivity index (χ1n) is 8.84. The Balaban J connectivity index is 1.59. The second-order valence-electron chi connectivity index (χ2n) is 6.75. The molecule has 4 heteroatoms. The Morgan fingerprint density at radius 2 is 1.55 bits per heavy atom. The van der Waals surface area contributed by atoms with Gasteiger partial charge in [0.05, 0.1) is 11.3 Å². The van der Waals surface area contributed by atoms with Crippen LogP contribution in [0.2, 0.25) is 0 Å². The van der Waals surface area contributed by atoms with Crippen LogP contribution in [0, 0.1) is 0 Å². The molecule has 2 saturated carbocycles. The lowest BCUT2D eigenvalue weighted by atomic mass is 10.1. The van der Waals surface area contributed by atoms with E-state index in [1.807, 2.05) is 12.3 Å². The number of nitrogens with one attached hydrogen (secondary N) is 2. The minimum Gasteiger partial charge on any atom is -0.381 e. The normalized spacial score (nSPS) is 20.5. The fraction of sp³-hybridized carbons (Fsp3) is 0.667. The average molecular weight is 301 g/mol. The topological polar surface area (TPSA) is 54.0 Å². The van der Waals surface area contributed by atoms with Crippen molar-refractivity contribution in [3.63, 3.8) is 0 Å². The zero-order chi connectivity index (χ0) is 15.2. The van der Waals surface area contributed by atoms with Crippen LogP contribution >= 0.6 is 0 Å². The van der Waals surface area contributed by atoms with Crippen LogP contribution in [0.4, 0.5) is 5.69 Å². The Bertz CT molecular complexity index is 489. The molecule has 0 saturated heterocycles. The largest absolute Gasteiger partial charge is 0.381 e. The van der Waals surface area contributed by atoms with Crippen molar-refractivity contribution in [2.75, 3.05) is 5.32 Å². The van der Waals surface area contributed by atoms with Gasteiger partial charge in [0.2, 0.25) is 0 Å². The predicted octanol–water partition coefficient (Wildman–Crippen LogP) is 3.89. The molecule has 120 valence electrons. The quantitative estimate of drug-likeness (QED) is 0.830. The molecule has 1 heterocycles. The monoisotopic (exact) mass is 301 g/mol. The van der Waals surface area contributed by atoms with E-state index in [0.717, 1.165) is 18.5 Å². The summed E-state index contributed by atoms with van der Waals surface area (Å²) in [5.41, 5.74) is 1.65. The lowest BCUT2D eigenvalue weighted by molar-refractivity contribution is 0.0937. The number of carbonyl (C=O) groups is 1. The second-order valence-corrected chi connectivity index (χ2v) is 6.75. The van der Waals surface area contributed by atoms with Crippen LogP contribution in [0.25, 0.3) is 0 Å². The first-order chi connectivity index (χ1) is 10.8. The molecule has 2 N–H and O–H groups in total. The molecule has 2 aliphatic rings. The molecule has 1 aromatic heterocycles. The molecule has 0 unspecified atom stereocenters. The molecule has 2 fully saturated rings. The third-order valence-electron chi connectivity index (χ3n) is 4.92. The summed E-state index contributed by atoms with van der Waals surface area (Å²) in [6, 6.07) is 2.82. The van der Waals surface area contributed by atoms with E-state index in [0.29, 0.717) is 17.6 Å². The maximum atomic E-state index is 12.3. The number of nitrogens with zero attached hydrogens (tertiary/aromatic N) is 1. The van der Waals surface area contributed by atoms with Crippen LogP contribution in [0.1, 0.15) is 74.6 Å². The molecular weight excluding hydrogens is 274 g/mol. The van der Waals surface area contributed by atoms with E-state index in [1.165, 1.54) is 51.4 Å². The summed E-state index contributed by atoms with van der Waals surface area (Å²) in [5.74, 6) is 0.0175. The smallest absolute Gasteiger partial charge is 0.253 e. The van der Waals surface area contributed by atoms with Crippen LogP contribution in [0.15, 0.2) is 18.5 Å². The standard InChI is InChI=1S/C18H27N3O/c22-18(21-16-9-5-6-10-16)14-11-17(13-19-12-14)20-15-7-3-1-2-4-8-15/h11-13,15-16,20H,1-10H2,(H,21,22). The van der Waals surface area contributed by atoms with Crippen molar-refractivity contribution in [1.82, 2.24) is 10.3 Å². The Kier molecular flexibility index (Phi) is 5.30. The minimum absolute atomic E-state index is 0.0175.